The molecule has 142 valence electrons. The van der Waals surface area contributed by atoms with Crippen LogP contribution in [0.1, 0.15) is 54.9 Å². The highest BCUT2D eigenvalue weighted by Gasteiger charge is 2.27. The van der Waals surface area contributed by atoms with E-state index in [1.54, 1.807) is 7.11 Å². The van der Waals surface area contributed by atoms with Crippen LogP contribution in [0.5, 0.6) is 5.75 Å². The highest BCUT2D eigenvalue weighted by atomic mass is 16.5. The molecule has 3 atom stereocenters. The van der Waals surface area contributed by atoms with Crippen LogP contribution in [0.2, 0.25) is 0 Å². The molecule has 1 aliphatic carbocycles. The number of benzene rings is 2. The molecule has 27 heavy (non-hydrogen) atoms. The van der Waals surface area contributed by atoms with Crippen LogP contribution in [-0.4, -0.2) is 18.3 Å². The molecule has 0 heterocycles. The van der Waals surface area contributed by atoms with Gasteiger partial charge in [0.25, 0.3) is 0 Å². The number of rotatable bonds is 6. The number of hydrogen-bond donors (Lipinski definition) is 1. The lowest BCUT2D eigenvalue weighted by Crippen LogP contribution is -2.27. The Morgan fingerprint density at radius 2 is 1.81 bits per heavy atom. The summed E-state index contributed by atoms with van der Waals surface area (Å²) in [4.78, 5) is 0. The molecule has 0 spiro atoms. The van der Waals surface area contributed by atoms with Crippen LogP contribution in [0.15, 0.2) is 42.5 Å². The van der Waals surface area contributed by atoms with E-state index in [2.05, 4.69) is 37.1 Å². The Morgan fingerprint density at radius 3 is 2.48 bits per heavy atom. The predicted molar refractivity (Wildman–Crippen MR) is 111 cm³/mol. The molecular weight excluding hydrogens is 332 g/mol. The molecule has 2 aromatic carbocycles. The van der Waals surface area contributed by atoms with Gasteiger partial charge in [-0.05, 0) is 78.8 Å². The molecule has 0 aromatic heterocycles. The number of methoxy groups -OCH3 is 1. The minimum Gasteiger partial charge on any atom is -0.497 e. The van der Waals surface area contributed by atoms with Gasteiger partial charge >= 0.3 is 0 Å². The van der Waals surface area contributed by atoms with E-state index in [0.29, 0.717) is 11.8 Å². The highest BCUT2D eigenvalue weighted by molar-refractivity contribution is 5.47. The second-order valence-electron chi connectivity index (χ2n) is 7.82. The fourth-order valence-corrected chi connectivity index (χ4v) is 4.46. The average Bonchev–Trinajstić information content (AvgIpc) is 2.69. The van der Waals surface area contributed by atoms with E-state index in [-0.39, 0.29) is 6.10 Å². The topological polar surface area (TPSA) is 29.5 Å². The molecular formula is C25H30O2. The molecule has 0 bridgehead atoms. The zero-order valence-corrected chi connectivity index (χ0v) is 16.4. The molecule has 2 nitrogen and oxygen atoms in total. The maximum atomic E-state index is 10.3. The van der Waals surface area contributed by atoms with E-state index < -0.39 is 0 Å². The quantitative estimate of drug-likeness (QED) is 0.733. The SMILES string of the molecule is C#Cc1cccc(CC2CC(O)CC(CC)C2)c1Cc1ccc(OC)cc1. The predicted octanol–water partition coefficient (Wildman–Crippen LogP) is 5.00. The van der Waals surface area contributed by atoms with Gasteiger partial charge in [-0.25, -0.2) is 0 Å². The molecule has 1 N–H and O–H groups in total. The van der Waals surface area contributed by atoms with Gasteiger partial charge in [-0.15, -0.1) is 6.42 Å². The van der Waals surface area contributed by atoms with Crippen molar-refractivity contribution in [3.05, 3.63) is 64.7 Å². The van der Waals surface area contributed by atoms with E-state index in [9.17, 15) is 5.11 Å². The van der Waals surface area contributed by atoms with Crippen molar-refractivity contribution in [1.82, 2.24) is 0 Å². The van der Waals surface area contributed by atoms with Crippen molar-refractivity contribution in [1.29, 1.82) is 0 Å². The van der Waals surface area contributed by atoms with Gasteiger partial charge in [0.15, 0.2) is 0 Å². The van der Waals surface area contributed by atoms with Crippen molar-refractivity contribution < 1.29 is 9.84 Å². The second-order valence-corrected chi connectivity index (χ2v) is 7.82. The van der Waals surface area contributed by atoms with Crippen molar-refractivity contribution in [3.8, 4) is 18.1 Å². The first-order valence-electron chi connectivity index (χ1n) is 10.0. The normalized spacial score (nSPS) is 22.2. The lowest BCUT2D eigenvalue weighted by Gasteiger charge is -2.32. The Labute approximate surface area is 163 Å². The average molecular weight is 363 g/mol. The maximum Gasteiger partial charge on any atom is 0.118 e. The molecule has 0 amide bonds. The Kier molecular flexibility index (Phi) is 6.58. The van der Waals surface area contributed by atoms with Gasteiger partial charge in [0.2, 0.25) is 0 Å². The minimum absolute atomic E-state index is 0.158. The van der Waals surface area contributed by atoms with Crippen LogP contribution in [0.4, 0.5) is 0 Å². The van der Waals surface area contributed by atoms with Gasteiger partial charge in [-0.2, -0.15) is 0 Å². The van der Waals surface area contributed by atoms with E-state index >= 15 is 0 Å². The first kappa shape index (κ1) is 19.5. The van der Waals surface area contributed by atoms with E-state index in [0.717, 1.165) is 43.4 Å². The van der Waals surface area contributed by atoms with Gasteiger partial charge in [0.05, 0.1) is 13.2 Å². The summed E-state index contributed by atoms with van der Waals surface area (Å²) in [5, 5.41) is 10.3. The molecule has 1 fully saturated rings. The van der Waals surface area contributed by atoms with E-state index in [4.69, 9.17) is 11.2 Å². The Balaban J connectivity index is 1.83. The third-order valence-corrected chi connectivity index (χ3v) is 5.93. The first-order valence-corrected chi connectivity index (χ1v) is 10.0. The van der Waals surface area contributed by atoms with E-state index in [1.807, 2.05) is 18.2 Å². The van der Waals surface area contributed by atoms with Crippen LogP contribution in [0.25, 0.3) is 0 Å². The van der Waals surface area contributed by atoms with Crippen molar-refractivity contribution in [2.75, 3.05) is 7.11 Å². The van der Waals surface area contributed by atoms with Crippen LogP contribution >= 0.6 is 0 Å². The molecule has 0 radical (unpaired) electrons. The number of aliphatic hydroxyl groups excluding tert-OH is 1. The minimum atomic E-state index is -0.158. The van der Waals surface area contributed by atoms with Gasteiger partial charge in [-0.3, -0.25) is 0 Å². The lowest BCUT2D eigenvalue weighted by atomic mass is 9.75. The largest absolute Gasteiger partial charge is 0.497 e. The molecule has 3 rings (SSSR count). The molecule has 2 aromatic rings. The van der Waals surface area contributed by atoms with E-state index in [1.165, 1.54) is 23.1 Å². The van der Waals surface area contributed by atoms with Crippen LogP contribution < -0.4 is 4.74 Å². The summed E-state index contributed by atoms with van der Waals surface area (Å²) in [6, 6.07) is 14.5. The van der Waals surface area contributed by atoms with Crippen LogP contribution in [0.3, 0.4) is 0 Å². The maximum absolute atomic E-state index is 10.3. The van der Waals surface area contributed by atoms with Gasteiger partial charge in [0.1, 0.15) is 5.75 Å². The third kappa shape index (κ3) is 4.93. The summed E-state index contributed by atoms with van der Waals surface area (Å²) in [5.41, 5.74) is 4.79. The Bertz CT molecular complexity index is 785. The molecule has 1 saturated carbocycles. The summed E-state index contributed by atoms with van der Waals surface area (Å²) in [6.45, 7) is 2.23. The van der Waals surface area contributed by atoms with Crippen molar-refractivity contribution in [3.63, 3.8) is 0 Å². The third-order valence-electron chi connectivity index (χ3n) is 5.93. The zero-order chi connectivity index (χ0) is 19.2. The molecule has 0 saturated heterocycles. The fourth-order valence-electron chi connectivity index (χ4n) is 4.46. The summed E-state index contributed by atoms with van der Waals surface area (Å²) in [7, 11) is 1.68. The van der Waals surface area contributed by atoms with Crippen molar-refractivity contribution in [2.24, 2.45) is 11.8 Å². The first-order chi connectivity index (χ1) is 13.1. The number of hydrogen-bond acceptors (Lipinski definition) is 2. The molecule has 2 heteroatoms. The zero-order valence-electron chi connectivity index (χ0n) is 16.4. The van der Waals surface area contributed by atoms with Crippen LogP contribution in [-0.2, 0) is 12.8 Å². The smallest absolute Gasteiger partial charge is 0.118 e. The molecule has 1 aliphatic rings. The van der Waals surface area contributed by atoms with Gasteiger partial charge in [0, 0.05) is 5.56 Å². The summed E-state index contributed by atoms with van der Waals surface area (Å²) in [5.74, 6) is 4.90. The standard InChI is InChI=1S/C25H30O2/c1-4-18-13-20(16-23(26)15-18)14-22-8-6-7-21(5-2)25(22)17-19-9-11-24(27-3)12-10-19/h2,6-12,18,20,23,26H,4,13-17H2,1,3H3. The summed E-state index contributed by atoms with van der Waals surface area (Å²) in [6.07, 6.45) is 11.7. The summed E-state index contributed by atoms with van der Waals surface area (Å²) < 4.78 is 5.26. The highest BCUT2D eigenvalue weighted by Crippen LogP contribution is 2.34. The fraction of sp³-hybridized carbons (Fsp3) is 0.440. The number of terminal acetylenes is 1. The Hall–Kier alpha value is -2.24. The number of aliphatic hydroxyl groups is 1. The monoisotopic (exact) mass is 362 g/mol. The summed E-state index contributed by atoms with van der Waals surface area (Å²) >= 11 is 0. The number of ether oxygens (including phenoxy) is 1. The van der Waals surface area contributed by atoms with Gasteiger partial charge < -0.3 is 9.84 Å². The lowest BCUT2D eigenvalue weighted by molar-refractivity contribution is 0.0685. The van der Waals surface area contributed by atoms with Gasteiger partial charge in [-0.1, -0.05) is 43.5 Å². The van der Waals surface area contributed by atoms with Crippen LogP contribution in [0, 0.1) is 24.2 Å². The molecule has 0 aliphatic heterocycles. The Morgan fingerprint density at radius 1 is 1.07 bits per heavy atom. The molecule has 3 unspecified atom stereocenters. The second kappa shape index (κ2) is 9.11. The van der Waals surface area contributed by atoms with Crippen molar-refractivity contribution in [2.45, 2.75) is 51.6 Å². The van der Waals surface area contributed by atoms with Crippen molar-refractivity contribution >= 4 is 0 Å².